The van der Waals surface area contributed by atoms with Gasteiger partial charge in [0.05, 0.1) is 13.2 Å². The molecule has 0 radical (unpaired) electrons. The molecule has 29 heavy (non-hydrogen) atoms. The second kappa shape index (κ2) is 10.8. The molecule has 1 saturated heterocycles. The Balaban J connectivity index is 1.74. The molecule has 0 atom stereocenters. The predicted molar refractivity (Wildman–Crippen MR) is 117 cm³/mol. The van der Waals surface area contributed by atoms with Crippen LogP contribution in [0.2, 0.25) is 0 Å². The third-order valence-corrected chi connectivity index (χ3v) is 5.02. The Morgan fingerprint density at radius 2 is 1.86 bits per heavy atom. The summed E-state index contributed by atoms with van der Waals surface area (Å²) in [4.78, 5) is 14.8. The maximum Gasteiger partial charge on any atom is 0.161 e. The molecule has 154 valence electrons. The zero-order valence-electron chi connectivity index (χ0n) is 17.5. The van der Waals surface area contributed by atoms with Crippen molar-refractivity contribution >= 4 is 11.9 Å². The molecule has 1 aliphatic rings. The van der Waals surface area contributed by atoms with E-state index in [2.05, 4.69) is 36.1 Å². The molecular formula is C25H31NO3. The van der Waals surface area contributed by atoms with E-state index in [-0.39, 0.29) is 5.78 Å². The maximum absolute atomic E-state index is 12.5. The van der Waals surface area contributed by atoms with Crippen molar-refractivity contribution < 1.29 is 14.3 Å². The summed E-state index contributed by atoms with van der Waals surface area (Å²) >= 11 is 0. The lowest BCUT2D eigenvalue weighted by molar-refractivity contribution is -0.117. The molecule has 0 unspecified atom stereocenters. The number of piperidine rings is 1. The normalized spacial score (nSPS) is 16.2. The van der Waals surface area contributed by atoms with Crippen LogP contribution < -0.4 is 9.47 Å². The molecule has 4 nitrogen and oxygen atoms in total. The fraction of sp³-hybridized carbons (Fsp3) is 0.400. The van der Waals surface area contributed by atoms with Crippen LogP contribution in [0.15, 0.2) is 54.1 Å². The van der Waals surface area contributed by atoms with Crippen molar-refractivity contribution in [3.63, 3.8) is 0 Å². The van der Waals surface area contributed by atoms with Crippen molar-refractivity contribution in [2.45, 2.75) is 39.7 Å². The summed E-state index contributed by atoms with van der Waals surface area (Å²) in [7, 11) is 0. The standard InChI is InChI=1S/C25H31NO3/c1-3-5-15-29-24-12-11-21(17-25(24)28-4-2)16-22-19-26(14-13-23(22)27)18-20-9-7-6-8-10-20/h6-12,16-17H,3-5,13-15,18-19H2,1-2H3/b22-16+. The van der Waals surface area contributed by atoms with Crippen molar-refractivity contribution in [2.24, 2.45) is 0 Å². The van der Waals surface area contributed by atoms with Gasteiger partial charge >= 0.3 is 0 Å². The van der Waals surface area contributed by atoms with E-state index >= 15 is 0 Å². The second-order valence-corrected chi connectivity index (χ2v) is 7.38. The highest BCUT2D eigenvalue weighted by Crippen LogP contribution is 2.30. The molecule has 4 heteroatoms. The van der Waals surface area contributed by atoms with Gasteiger partial charge in [0, 0.05) is 31.6 Å². The SMILES string of the molecule is CCCCOc1ccc(/C=C2\CN(Cc3ccccc3)CCC2=O)cc1OCC. The molecule has 3 rings (SSSR count). The lowest BCUT2D eigenvalue weighted by atomic mass is 9.99. The van der Waals surface area contributed by atoms with E-state index < -0.39 is 0 Å². The first-order chi connectivity index (χ1) is 14.2. The number of ether oxygens (including phenoxy) is 2. The summed E-state index contributed by atoms with van der Waals surface area (Å²) in [5, 5.41) is 0. The van der Waals surface area contributed by atoms with Gasteiger partial charge in [0.2, 0.25) is 0 Å². The smallest absolute Gasteiger partial charge is 0.161 e. The van der Waals surface area contributed by atoms with Crippen LogP contribution in [0.1, 0.15) is 44.2 Å². The lowest BCUT2D eigenvalue weighted by Gasteiger charge is -2.28. The summed E-state index contributed by atoms with van der Waals surface area (Å²) < 4.78 is 11.6. The fourth-order valence-electron chi connectivity index (χ4n) is 3.46. The number of rotatable bonds is 9. The topological polar surface area (TPSA) is 38.8 Å². The summed E-state index contributed by atoms with van der Waals surface area (Å²) in [6.07, 6.45) is 4.67. The number of nitrogens with zero attached hydrogens (tertiary/aromatic N) is 1. The molecule has 2 aromatic rings. The quantitative estimate of drug-likeness (QED) is 0.438. The summed E-state index contributed by atoms with van der Waals surface area (Å²) in [6.45, 7) is 7.71. The monoisotopic (exact) mass is 393 g/mol. The molecular weight excluding hydrogens is 362 g/mol. The molecule has 0 saturated carbocycles. The van der Waals surface area contributed by atoms with Crippen LogP contribution in [-0.2, 0) is 11.3 Å². The Hall–Kier alpha value is -2.59. The van der Waals surface area contributed by atoms with Crippen molar-refractivity contribution in [3.05, 3.63) is 65.2 Å². The molecule has 0 aromatic heterocycles. The molecule has 0 amide bonds. The molecule has 2 aromatic carbocycles. The summed E-state index contributed by atoms with van der Waals surface area (Å²) in [5.41, 5.74) is 3.10. The Kier molecular flexibility index (Phi) is 7.88. The van der Waals surface area contributed by atoms with E-state index in [1.54, 1.807) is 0 Å². The number of carbonyl (C=O) groups excluding carboxylic acids is 1. The molecule has 1 aliphatic heterocycles. The second-order valence-electron chi connectivity index (χ2n) is 7.38. The van der Waals surface area contributed by atoms with Gasteiger partial charge in [-0.15, -0.1) is 0 Å². The number of benzene rings is 2. The zero-order chi connectivity index (χ0) is 20.5. The number of likely N-dealkylation sites (tertiary alicyclic amines) is 1. The minimum atomic E-state index is 0.232. The number of Topliss-reactive ketones (excluding diaryl/α,β-unsaturated/α-hetero) is 1. The van der Waals surface area contributed by atoms with Gasteiger partial charge in [-0.1, -0.05) is 49.7 Å². The van der Waals surface area contributed by atoms with Gasteiger partial charge in [-0.05, 0) is 42.7 Å². The molecule has 0 spiro atoms. The Bertz CT molecular complexity index is 829. The van der Waals surface area contributed by atoms with E-state index in [0.717, 1.165) is 48.6 Å². The van der Waals surface area contributed by atoms with Crippen molar-refractivity contribution in [1.29, 1.82) is 0 Å². The predicted octanol–water partition coefficient (Wildman–Crippen LogP) is 5.12. The van der Waals surface area contributed by atoms with Crippen LogP contribution in [-0.4, -0.2) is 37.0 Å². The number of unbranched alkanes of at least 4 members (excludes halogenated alkanes) is 1. The maximum atomic E-state index is 12.5. The van der Waals surface area contributed by atoms with Gasteiger partial charge in [-0.2, -0.15) is 0 Å². The van der Waals surface area contributed by atoms with Gasteiger partial charge in [0.1, 0.15) is 0 Å². The van der Waals surface area contributed by atoms with Crippen LogP contribution >= 0.6 is 0 Å². The summed E-state index contributed by atoms with van der Waals surface area (Å²) in [5.74, 6) is 1.74. The minimum Gasteiger partial charge on any atom is -0.490 e. The highest BCUT2D eigenvalue weighted by molar-refractivity contribution is 6.00. The third-order valence-electron chi connectivity index (χ3n) is 5.02. The number of carbonyl (C=O) groups is 1. The van der Waals surface area contributed by atoms with Crippen LogP contribution in [0.4, 0.5) is 0 Å². The minimum absolute atomic E-state index is 0.232. The first-order valence-corrected chi connectivity index (χ1v) is 10.6. The fourth-order valence-corrected chi connectivity index (χ4v) is 3.46. The van der Waals surface area contributed by atoms with Crippen molar-refractivity contribution in [3.8, 4) is 11.5 Å². The van der Waals surface area contributed by atoms with Crippen LogP contribution in [0, 0.1) is 0 Å². The van der Waals surface area contributed by atoms with Crippen LogP contribution in [0.25, 0.3) is 6.08 Å². The Labute approximate surface area is 174 Å². The Morgan fingerprint density at radius 3 is 2.62 bits per heavy atom. The van der Waals surface area contributed by atoms with E-state index in [0.29, 0.717) is 26.2 Å². The highest BCUT2D eigenvalue weighted by atomic mass is 16.5. The first kappa shape index (κ1) is 21.1. The van der Waals surface area contributed by atoms with E-state index in [1.807, 2.05) is 37.3 Å². The number of hydrogen-bond donors (Lipinski definition) is 0. The van der Waals surface area contributed by atoms with Gasteiger partial charge < -0.3 is 9.47 Å². The van der Waals surface area contributed by atoms with E-state index in [9.17, 15) is 4.79 Å². The van der Waals surface area contributed by atoms with Gasteiger partial charge in [-0.25, -0.2) is 0 Å². The largest absolute Gasteiger partial charge is 0.490 e. The highest BCUT2D eigenvalue weighted by Gasteiger charge is 2.21. The average molecular weight is 394 g/mol. The number of ketones is 1. The molecule has 0 aliphatic carbocycles. The Morgan fingerprint density at radius 1 is 1.03 bits per heavy atom. The van der Waals surface area contributed by atoms with E-state index in [4.69, 9.17) is 9.47 Å². The molecule has 1 fully saturated rings. The summed E-state index contributed by atoms with van der Waals surface area (Å²) in [6, 6.07) is 16.3. The van der Waals surface area contributed by atoms with Crippen molar-refractivity contribution in [2.75, 3.05) is 26.3 Å². The van der Waals surface area contributed by atoms with Crippen LogP contribution in [0.5, 0.6) is 11.5 Å². The van der Waals surface area contributed by atoms with Crippen molar-refractivity contribution in [1.82, 2.24) is 4.90 Å². The molecule has 0 N–H and O–H groups in total. The average Bonchev–Trinajstić information content (AvgIpc) is 2.73. The third kappa shape index (κ3) is 6.20. The first-order valence-electron chi connectivity index (χ1n) is 10.6. The van der Waals surface area contributed by atoms with Gasteiger partial charge in [0.25, 0.3) is 0 Å². The molecule has 1 heterocycles. The van der Waals surface area contributed by atoms with Gasteiger partial charge in [-0.3, -0.25) is 9.69 Å². The van der Waals surface area contributed by atoms with E-state index in [1.165, 1.54) is 5.56 Å². The van der Waals surface area contributed by atoms with Gasteiger partial charge in [0.15, 0.2) is 17.3 Å². The zero-order valence-corrected chi connectivity index (χ0v) is 17.5. The molecule has 0 bridgehead atoms. The van der Waals surface area contributed by atoms with Crippen LogP contribution in [0.3, 0.4) is 0 Å². The lowest BCUT2D eigenvalue weighted by Crippen LogP contribution is -2.35. The number of hydrogen-bond acceptors (Lipinski definition) is 4.